The minimum atomic E-state index is -0.208. The molecule has 0 saturated carbocycles. The fourth-order valence-electron chi connectivity index (χ4n) is 2.17. The van der Waals surface area contributed by atoms with Crippen LogP contribution in [0.2, 0.25) is 0 Å². The standard InChI is InChI=1S/C16H11BrFIN2/c17-13-4-5-15(18)12(8-13)10-21-7-6-20-16(21)11-2-1-3-14(19)9-11/h1-9H,10H2. The van der Waals surface area contributed by atoms with Crippen LogP contribution in [0, 0.1) is 9.39 Å². The molecule has 2 nitrogen and oxygen atoms in total. The highest BCUT2D eigenvalue weighted by molar-refractivity contribution is 14.1. The highest BCUT2D eigenvalue weighted by atomic mass is 127. The van der Waals surface area contributed by atoms with Crippen molar-refractivity contribution in [2.24, 2.45) is 0 Å². The molecule has 0 spiro atoms. The van der Waals surface area contributed by atoms with Gasteiger partial charge in [0, 0.05) is 31.6 Å². The van der Waals surface area contributed by atoms with Crippen LogP contribution in [0.25, 0.3) is 11.4 Å². The first-order valence-corrected chi connectivity index (χ1v) is 8.21. The number of hydrogen-bond acceptors (Lipinski definition) is 1. The van der Waals surface area contributed by atoms with Crippen molar-refractivity contribution >= 4 is 38.5 Å². The van der Waals surface area contributed by atoms with Crippen LogP contribution in [-0.2, 0) is 6.54 Å². The fourth-order valence-corrected chi connectivity index (χ4v) is 3.12. The maximum atomic E-state index is 13.9. The van der Waals surface area contributed by atoms with E-state index in [1.165, 1.54) is 6.07 Å². The maximum Gasteiger partial charge on any atom is 0.140 e. The lowest BCUT2D eigenvalue weighted by atomic mass is 10.2. The summed E-state index contributed by atoms with van der Waals surface area (Å²) in [5.41, 5.74) is 1.66. The molecule has 3 aromatic rings. The Kier molecular flexibility index (Phi) is 4.40. The van der Waals surface area contributed by atoms with Gasteiger partial charge in [0.15, 0.2) is 0 Å². The molecule has 2 aromatic carbocycles. The van der Waals surface area contributed by atoms with Crippen molar-refractivity contribution in [1.82, 2.24) is 9.55 Å². The summed E-state index contributed by atoms with van der Waals surface area (Å²) in [5.74, 6) is 0.633. The molecule has 21 heavy (non-hydrogen) atoms. The van der Waals surface area contributed by atoms with Gasteiger partial charge in [-0.1, -0.05) is 28.1 Å². The van der Waals surface area contributed by atoms with Gasteiger partial charge in [-0.3, -0.25) is 0 Å². The molecule has 0 fully saturated rings. The van der Waals surface area contributed by atoms with Crippen LogP contribution in [0.5, 0.6) is 0 Å². The zero-order valence-electron chi connectivity index (χ0n) is 10.9. The van der Waals surface area contributed by atoms with E-state index in [0.717, 1.165) is 19.4 Å². The van der Waals surface area contributed by atoms with Gasteiger partial charge in [-0.15, -0.1) is 0 Å². The van der Waals surface area contributed by atoms with Gasteiger partial charge in [0.25, 0.3) is 0 Å². The summed E-state index contributed by atoms with van der Waals surface area (Å²) < 4.78 is 17.9. The van der Waals surface area contributed by atoms with E-state index in [4.69, 9.17) is 0 Å². The van der Waals surface area contributed by atoms with Gasteiger partial charge in [-0.25, -0.2) is 9.37 Å². The predicted octanol–water partition coefficient (Wildman–Crippen LogP) is 5.10. The van der Waals surface area contributed by atoms with E-state index in [1.54, 1.807) is 18.3 Å². The van der Waals surface area contributed by atoms with Crippen LogP contribution in [-0.4, -0.2) is 9.55 Å². The van der Waals surface area contributed by atoms with E-state index in [9.17, 15) is 4.39 Å². The monoisotopic (exact) mass is 456 g/mol. The lowest BCUT2D eigenvalue weighted by Crippen LogP contribution is -2.03. The van der Waals surface area contributed by atoms with Gasteiger partial charge >= 0.3 is 0 Å². The molecule has 0 amide bonds. The number of hydrogen-bond donors (Lipinski definition) is 0. The lowest BCUT2D eigenvalue weighted by Gasteiger charge is -2.09. The Morgan fingerprint density at radius 3 is 2.86 bits per heavy atom. The van der Waals surface area contributed by atoms with E-state index in [0.29, 0.717) is 12.1 Å². The molecular formula is C16H11BrFIN2. The van der Waals surface area contributed by atoms with Gasteiger partial charge < -0.3 is 4.57 Å². The SMILES string of the molecule is Fc1ccc(Br)cc1Cn1ccnc1-c1cccc(I)c1. The van der Waals surface area contributed by atoms with Crippen LogP contribution in [0.3, 0.4) is 0 Å². The average Bonchev–Trinajstić information content (AvgIpc) is 2.91. The van der Waals surface area contributed by atoms with Crippen LogP contribution in [0.4, 0.5) is 4.39 Å². The highest BCUT2D eigenvalue weighted by Gasteiger charge is 2.09. The van der Waals surface area contributed by atoms with E-state index < -0.39 is 0 Å². The molecule has 106 valence electrons. The molecule has 3 rings (SSSR count). The fraction of sp³-hybridized carbons (Fsp3) is 0.0625. The second kappa shape index (κ2) is 6.27. The van der Waals surface area contributed by atoms with Gasteiger partial charge in [0.2, 0.25) is 0 Å². The van der Waals surface area contributed by atoms with Crippen LogP contribution in [0.1, 0.15) is 5.56 Å². The molecule has 0 radical (unpaired) electrons. The molecule has 0 saturated heterocycles. The molecular weight excluding hydrogens is 446 g/mol. The van der Waals surface area contributed by atoms with Gasteiger partial charge in [0.1, 0.15) is 11.6 Å². The van der Waals surface area contributed by atoms with Crippen LogP contribution >= 0.6 is 38.5 Å². The number of benzene rings is 2. The van der Waals surface area contributed by atoms with E-state index in [1.807, 2.05) is 29.0 Å². The molecule has 1 heterocycles. The van der Waals surface area contributed by atoms with E-state index >= 15 is 0 Å². The third-order valence-corrected chi connectivity index (χ3v) is 4.31. The topological polar surface area (TPSA) is 17.8 Å². The molecule has 0 atom stereocenters. The minimum absolute atomic E-state index is 0.208. The molecule has 0 aliphatic carbocycles. The zero-order valence-corrected chi connectivity index (χ0v) is 14.7. The first-order chi connectivity index (χ1) is 10.1. The Balaban J connectivity index is 1.98. The van der Waals surface area contributed by atoms with Crippen LogP contribution in [0.15, 0.2) is 59.3 Å². The Bertz CT molecular complexity index is 785. The minimum Gasteiger partial charge on any atom is -0.326 e. The summed E-state index contributed by atoms with van der Waals surface area (Å²) >= 11 is 5.65. The zero-order chi connectivity index (χ0) is 14.8. The Hall–Kier alpha value is -1.21. The van der Waals surface area contributed by atoms with E-state index in [2.05, 4.69) is 49.6 Å². The maximum absolute atomic E-state index is 13.9. The molecule has 5 heteroatoms. The van der Waals surface area contributed by atoms with Crippen molar-refractivity contribution in [3.8, 4) is 11.4 Å². The number of imidazole rings is 1. The van der Waals surface area contributed by atoms with Crippen molar-refractivity contribution in [3.05, 3.63) is 74.3 Å². The summed E-state index contributed by atoms with van der Waals surface area (Å²) in [5, 5.41) is 0. The first-order valence-electron chi connectivity index (χ1n) is 6.34. The molecule has 0 aliphatic rings. The molecule has 1 aromatic heterocycles. The number of halogens is 3. The third kappa shape index (κ3) is 3.35. The van der Waals surface area contributed by atoms with Gasteiger partial charge in [0.05, 0.1) is 6.54 Å². The second-order valence-corrected chi connectivity index (χ2v) is 6.79. The van der Waals surface area contributed by atoms with Crippen molar-refractivity contribution in [2.45, 2.75) is 6.54 Å². The molecule has 0 N–H and O–H groups in total. The number of nitrogens with zero attached hydrogens (tertiary/aromatic N) is 2. The summed E-state index contributed by atoms with van der Waals surface area (Å²) in [7, 11) is 0. The summed E-state index contributed by atoms with van der Waals surface area (Å²) in [6.45, 7) is 0.450. The van der Waals surface area contributed by atoms with Crippen molar-refractivity contribution in [2.75, 3.05) is 0 Å². The van der Waals surface area contributed by atoms with Crippen molar-refractivity contribution in [3.63, 3.8) is 0 Å². The normalized spacial score (nSPS) is 10.8. The van der Waals surface area contributed by atoms with E-state index in [-0.39, 0.29) is 5.82 Å². The highest BCUT2D eigenvalue weighted by Crippen LogP contribution is 2.22. The third-order valence-electron chi connectivity index (χ3n) is 3.15. The summed E-state index contributed by atoms with van der Waals surface area (Å²) in [6, 6.07) is 13.1. The average molecular weight is 457 g/mol. The predicted molar refractivity (Wildman–Crippen MR) is 93.6 cm³/mol. The largest absolute Gasteiger partial charge is 0.326 e. The van der Waals surface area contributed by atoms with Crippen LogP contribution < -0.4 is 0 Å². The smallest absolute Gasteiger partial charge is 0.140 e. The summed E-state index contributed by atoms with van der Waals surface area (Å²) in [4.78, 5) is 4.40. The number of rotatable bonds is 3. The second-order valence-electron chi connectivity index (χ2n) is 4.62. The first kappa shape index (κ1) is 14.7. The quantitative estimate of drug-likeness (QED) is 0.501. The van der Waals surface area contributed by atoms with Crippen molar-refractivity contribution in [1.29, 1.82) is 0 Å². The summed E-state index contributed by atoms with van der Waals surface area (Å²) in [6.07, 6.45) is 3.61. The Morgan fingerprint density at radius 2 is 2.05 bits per heavy atom. The van der Waals surface area contributed by atoms with Gasteiger partial charge in [-0.2, -0.15) is 0 Å². The lowest BCUT2D eigenvalue weighted by molar-refractivity contribution is 0.600. The number of aromatic nitrogens is 2. The Labute approximate surface area is 144 Å². The molecule has 0 bridgehead atoms. The molecule has 0 unspecified atom stereocenters. The van der Waals surface area contributed by atoms with Crippen molar-refractivity contribution < 1.29 is 4.39 Å². The van der Waals surface area contributed by atoms with Gasteiger partial charge in [-0.05, 0) is 52.9 Å². The Morgan fingerprint density at radius 1 is 1.19 bits per heavy atom. The molecule has 0 aliphatic heterocycles.